The average Bonchev–Trinajstić information content (AvgIpc) is 2.53. The Balaban J connectivity index is 2.31. The van der Waals surface area contributed by atoms with Gasteiger partial charge < -0.3 is 14.6 Å². The summed E-state index contributed by atoms with van der Waals surface area (Å²) < 4.78 is 11.0. The quantitative estimate of drug-likeness (QED) is 0.513. The number of aliphatic hydroxyl groups is 1. The van der Waals surface area contributed by atoms with E-state index >= 15 is 0 Å². The Morgan fingerprint density at radius 1 is 1.33 bits per heavy atom. The second-order valence-electron chi connectivity index (χ2n) is 4.93. The summed E-state index contributed by atoms with van der Waals surface area (Å²) in [5.74, 6) is -1.23. The SMILES string of the molecule is CCCOC1(OC)C=CC(=C(O)c2ccccc2)C(=O)C1. The summed E-state index contributed by atoms with van der Waals surface area (Å²) >= 11 is 0. The van der Waals surface area contributed by atoms with Crippen LogP contribution in [0.2, 0.25) is 0 Å². The maximum atomic E-state index is 12.3. The van der Waals surface area contributed by atoms with Crippen molar-refractivity contribution < 1.29 is 19.4 Å². The van der Waals surface area contributed by atoms with E-state index in [4.69, 9.17) is 9.47 Å². The van der Waals surface area contributed by atoms with Gasteiger partial charge in [0, 0.05) is 12.7 Å². The number of hydrogen-bond donors (Lipinski definition) is 1. The van der Waals surface area contributed by atoms with Gasteiger partial charge >= 0.3 is 0 Å². The minimum atomic E-state index is -1.02. The third-order valence-corrected chi connectivity index (χ3v) is 3.41. The largest absolute Gasteiger partial charge is 0.507 e. The van der Waals surface area contributed by atoms with E-state index in [1.807, 2.05) is 25.1 Å². The number of ether oxygens (including phenoxy) is 2. The molecule has 1 unspecified atom stereocenters. The van der Waals surface area contributed by atoms with Gasteiger partial charge in [0.05, 0.1) is 18.6 Å². The molecule has 0 saturated carbocycles. The third-order valence-electron chi connectivity index (χ3n) is 3.41. The number of carbonyl (C=O) groups is 1. The van der Waals surface area contributed by atoms with Crippen LogP contribution in [0, 0.1) is 0 Å². The van der Waals surface area contributed by atoms with Gasteiger partial charge in [0.15, 0.2) is 11.6 Å². The minimum absolute atomic E-state index is 0.0166. The second kappa shape index (κ2) is 6.70. The summed E-state index contributed by atoms with van der Waals surface area (Å²) in [6, 6.07) is 9.00. The molecule has 0 saturated heterocycles. The summed E-state index contributed by atoms with van der Waals surface area (Å²) in [4.78, 5) is 12.3. The van der Waals surface area contributed by atoms with E-state index in [9.17, 15) is 9.90 Å². The predicted molar refractivity (Wildman–Crippen MR) is 80.7 cm³/mol. The van der Waals surface area contributed by atoms with E-state index in [2.05, 4.69) is 0 Å². The number of rotatable bonds is 5. The molecule has 1 aliphatic rings. The standard InChI is InChI=1S/C17H20O4/c1-3-11-21-17(20-2)10-9-14(15(18)12-17)16(19)13-7-5-4-6-8-13/h4-10,19H,3,11-12H2,1-2H3. The summed E-state index contributed by atoms with van der Waals surface area (Å²) in [5.41, 5.74) is 0.902. The fourth-order valence-electron chi connectivity index (χ4n) is 2.22. The average molecular weight is 288 g/mol. The maximum absolute atomic E-state index is 12.3. The van der Waals surface area contributed by atoms with E-state index in [1.54, 1.807) is 24.3 Å². The van der Waals surface area contributed by atoms with Gasteiger partial charge in [-0.3, -0.25) is 4.79 Å². The van der Waals surface area contributed by atoms with Crippen molar-refractivity contribution in [3.63, 3.8) is 0 Å². The van der Waals surface area contributed by atoms with Crippen molar-refractivity contribution in [3.8, 4) is 0 Å². The highest BCUT2D eigenvalue weighted by Crippen LogP contribution is 2.30. The first-order chi connectivity index (χ1) is 10.1. The monoisotopic (exact) mass is 288 g/mol. The van der Waals surface area contributed by atoms with Gasteiger partial charge in [-0.2, -0.15) is 0 Å². The number of carbonyl (C=O) groups excluding carboxylic acids is 1. The van der Waals surface area contributed by atoms with Crippen LogP contribution < -0.4 is 0 Å². The molecule has 0 bridgehead atoms. The van der Waals surface area contributed by atoms with Crippen molar-refractivity contribution in [2.45, 2.75) is 25.6 Å². The number of aliphatic hydroxyl groups excluding tert-OH is 1. The topological polar surface area (TPSA) is 55.8 Å². The van der Waals surface area contributed by atoms with Crippen LogP contribution in [0.4, 0.5) is 0 Å². The normalized spacial score (nSPS) is 24.2. The van der Waals surface area contributed by atoms with Crippen LogP contribution in [-0.4, -0.2) is 30.4 Å². The van der Waals surface area contributed by atoms with Gasteiger partial charge in [0.1, 0.15) is 5.76 Å². The fraction of sp³-hybridized carbons (Fsp3) is 0.353. The Hall–Kier alpha value is -1.91. The number of allylic oxidation sites excluding steroid dienone is 2. The lowest BCUT2D eigenvalue weighted by molar-refractivity contribution is -0.193. The number of ketones is 1. The van der Waals surface area contributed by atoms with Crippen LogP contribution in [-0.2, 0) is 14.3 Å². The highest BCUT2D eigenvalue weighted by Gasteiger charge is 2.36. The first-order valence-corrected chi connectivity index (χ1v) is 7.02. The van der Waals surface area contributed by atoms with Gasteiger partial charge in [0.25, 0.3) is 0 Å². The number of Topliss-reactive ketones (excluding diaryl/α,β-unsaturated/α-hetero) is 1. The molecule has 1 aromatic rings. The van der Waals surface area contributed by atoms with Crippen LogP contribution in [0.3, 0.4) is 0 Å². The fourth-order valence-corrected chi connectivity index (χ4v) is 2.22. The molecule has 1 aromatic carbocycles. The van der Waals surface area contributed by atoms with Gasteiger partial charge in [0.2, 0.25) is 0 Å². The molecule has 4 heteroatoms. The summed E-state index contributed by atoms with van der Waals surface area (Å²) in [6.07, 6.45) is 4.17. The van der Waals surface area contributed by atoms with E-state index in [-0.39, 0.29) is 23.5 Å². The van der Waals surface area contributed by atoms with Crippen LogP contribution in [0.15, 0.2) is 48.1 Å². The first-order valence-electron chi connectivity index (χ1n) is 7.02. The zero-order valence-electron chi connectivity index (χ0n) is 12.3. The van der Waals surface area contributed by atoms with Gasteiger partial charge in [-0.25, -0.2) is 0 Å². The molecule has 0 aromatic heterocycles. The van der Waals surface area contributed by atoms with Crippen molar-refractivity contribution in [1.29, 1.82) is 0 Å². The molecule has 0 aliphatic heterocycles. The van der Waals surface area contributed by atoms with Gasteiger partial charge in [-0.1, -0.05) is 37.3 Å². The lowest BCUT2D eigenvalue weighted by Gasteiger charge is -2.31. The molecule has 112 valence electrons. The molecule has 2 rings (SSSR count). The zero-order chi connectivity index (χ0) is 15.3. The zero-order valence-corrected chi connectivity index (χ0v) is 12.3. The van der Waals surface area contributed by atoms with E-state index in [1.165, 1.54) is 7.11 Å². The number of methoxy groups -OCH3 is 1. The van der Waals surface area contributed by atoms with Crippen LogP contribution >= 0.6 is 0 Å². The predicted octanol–water partition coefficient (Wildman–Crippen LogP) is 3.25. The molecule has 0 amide bonds. The molecule has 1 atom stereocenters. The molecular weight excluding hydrogens is 268 g/mol. The molecule has 4 nitrogen and oxygen atoms in total. The number of hydrogen-bond acceptors (Lipinski definition) is 4. The van der Waals surface area contributed by atoms with Crippen molar-refractivity contribution >= 4 is 11.5 Å². The van der Waals surface area contributed by atoms with Gasteiger partial charge in [-0.15, -0.1) is 0 Å². The van der Waals surface area contributed by atoms with Crippen LogP contribution in [0.5, 0.6) is 0 Å². The lowest BCUT2D eigenvalue weighted by atomic mass is 9.93. The Labute approximate surface area is 124 Å². The summed E-state index contributed by atoms with van der Waals surface area (Å²) in [6.45, 7) is 2.50. The molecule has 0 fully saturated rings. The molecule has 0 radical (unpaired) electrons. The minimum Gasteiger partial charge on any atom is -0.507 e. The molecule has 1 aliphatic carbocycles. The molecular formula is C17H20O4. The second-order valence-corrected chi connectivity index (χ2v) is 4.93. The molecule has 21 heavy (non-hydrogen) atoms. The Kier molecular flexibility index (Phi) is 4.94. The maximum Gasteiger partial charge on any atom is 0.195 e. The van der Waals surface area contributed by atoms with E-state index < -0.39 is 5.79 Å². The Bertz CT molecular complexity index is 559. The smallest absolute Gasteiger partial charge is 0.195 e. The van der Waals surface area contributed by atoms with Crippen molar-refractivity contribution in [2.24, 2.45) is 0 Å². The molecule has 0 spiro atoms. The summed E-state index contributed by atoms with van der Waals surface area (Å²) in [7, 11) is 1.51. The van der Waals surface area contributed by atoms with E-state index in [0.717, 1.165) is 6.42 Å². The molecule has 0 heterocycles. The Morgan fingerprint density at radius 3 is 2.62 bits per heavy atom. The van der Waals surface area contributed by atoms with Crippen LogP contribution in [0.25, 0.3) is 5.76 Å². The van der Waals surface area contributed by atoms with E-state index in [0.29, 0.717) is 12.2 Å². The highest BCUT2D eigenvalue weighted by molar-refractivity contribution is 6.05. The lowest BCUT2D eigenvalue weighted by Crippen LogP contribution is -2.38. The van der Waals surface area contributed by atoms with Gasteiger partial charge in [-0.05, 0) is 18.6 Å². The van der Waals surface area contributed by atoms with Crippen LogP contribution in [0.1, 0.15) is 25.3 Å². The van der Waals surface area contributed by atoms with Crippen molar-refractivity contribution in [1.82, 2.24) is 0 Å². The Morgan fingerprint density at radius 2 is 2.05 bits per heavy atom. The van der Waals surface area contributed by atoms with Crippen molar-refractivity contribution in [3.05, 3.63) is 53.6 Å². The van der Waals surface area contributed by atoms with Crippen molar-refractivity contribution in [2.75, 3.05) is 13.7 Å². The molecule has 1 N–H and O–H groups in total. The third kappa shape index (κ3) is 3.40. The highest BCUT2D eigenvalue weighted by atomic mass is 16.7. The first kappa shape index (κ1) is 15.5. The number of benzene rings is 1. The summed E-state index contributed by atoms with van der Waals surface area (Å²) in [5, 5.41) is 10.3.